The third-order valence-corrected chi connectivity index (χ3v) is 3.36. The Labute approximate surface area is 133 Å². The highest BCUT2D eigenvalue weighted by Crippen LogP contribution is 2.20. The zero-order valence-electron chi connectivity index (χ0n) is 12.5. The standard InChI is InChI=1S/C15H19ClN2O4/c1-3-4-10(15(21)22)8-17-14(20)12-7-11(18-9(2)19)5-6-13(12)16/h5-7,10H,3-4,8H2,1-2H3,(H,17,20)(H,18,19)(H,21,22). The van der Waals surface area contributed by atoms with Crippen molar-refractivity contribution in [2.24, 2.45) is 5.92 Å². The molecule has 0 aliphatic heterocycles. The average molecular weight is 327 g/mol. The van der Waals surface area contributed by atoms with Crippen LogP contribution in [-0.4, -0.2) is 29.4 Å². The van der Waals surface area contributed by atoms with E-state index in [9.17, 15) is 14.4 Å². The molecule has 1 aromatic carbocycles. The fourth-order valence-electron chi connectivity index (χ4n) is 1.95. The second-order valence-corrected chi connectivity index (χ2v) is 5.32. The summed E-state index contributed by atoms with van der Waals surface area (Å²) in [5, 5.41) is 14.4. The lowest BCUT2D eigenvalue weighted by Crippen LogP contribution is -2.33. The molecule has 0 radical (unpaired) electrons. The predicted octanol–water partition coefficient (Wildman–Crippen LogP) is 2.53. The van der Waals surface area contributed by atoms with E-state index in [-0.39, 0.29) is 23.0 Å². The Hall–Kier alpha value is -2.08. The van der Waals surface area contributed by atoms with Gasteiger partial charge in [0, 0.05) is 19.2 Å². The lowest BCUT2D eigenvalue weighted by molar-refractivity contribution is -0.141. The number of carboxylic acids is 1. The van der Waals surface area contributed by atoms with Crippen molar-refractivity contribution in [3.05, 3.63) is 28.8 Å². The van der Waals surface area contributed by atoms with Crippen LogP contribution in [0.1, 0.15) is 37.0 Å². The lowest BCUT2D eigenvalue weighted by Gasteiger charge is -2.13. The van der Waals surface area contributed by atoms with E-state index >= 15 is 0 Å². The molecule has 2 amide bonds. The maximum atomic E-state index is 12.1. The Morgan fingerprint density at radius 3 is 2.55 bits per heavy atom. The zero-order valence-corrected chi connectivity index (χ0v) is 13.2. The second kappa shape index (κ2) is 8.38. The smallest absolute Gasteiger partial charge is 0.308 e. The molecule has 6 nitrogen and oxygen atoms in total. The molecule has 0 aliphatic rings. The molecule has 0 aliphatic carbocycles. The molecule has 1 unspecified atom stereocenters. The van der Waals surface area contributed by atoms with Gasteiger partial charge >= 0.3 is 5.97 Å². The Kier molecular flexibility index (Phi) is 6.85. The number of halogens is 1. The third kappa shape index (κ3) is 5.37. The highest BCUT2D eigenvalue weighted by atomic mass is 35.5. The number of hydrogen-bond donors (Lipinski definition) is 3. The summed E-state index contributed by atoms with van der Waals surface area (Å²) in [6.45, 7) is 3.27. The third-order valence-electron chi connectivity index (χ3n) is 3.03. The van der Waals surface area contributed by atoms with E-state index in [2.05, 4.69) is 10.6 Å². The van der Waals surface area contributed by atoms with Crippen LogP contribution in [0.4, 0.5) is 5.69 Å². The van der Waals surface area contributed by atoms with Gasteiger partial charge in [0.2, 0.25) is 5.91 Å². The van der Waals surface area contributed by atoms with Crippen LogP contribution >= 0.6 is 11.6 Å². The van der Waals surface area contributed by atoms with Gasteiger partial charge in [-0.3, -0.25) is 14.4 Å². The molecule has 0 bridgehead atoms. The number of anilines is 1. The Morgan fingerprint density at radius 2 is 2.00 bits per heavy atom. The number of hydrogen-bond acceptors (Lipinski definition) is 3. The Morgan fingerprint density at radius 1 is 1.32 bits per heavy atom. The van der Waals surface area contributed by atoms with Crippen molar-refractivity contribution in [3.63, 3.8) is 0 Å². The first-order valence-electron chi connectivity index (χ1n) is 6.93. The molecule has 0 fully saturated rings. The molecule has 0 heterocycles. The molecule has 0 aromatic heterocycles. The van der Waals surface area contributed by atoms with E-state index in [1.165, 1.54) is 19.1 Å². The van der Waals surface area contributed by atoms with Gasteiger partial charge in [-0.1, -0.05) is 24.9 Å². The van der Waals surface area contributed by atoms with Gasteiger partial charge in [0.05, 0.1) is 16.5 Å². The summed E-state index contributed by atoms with van der Waals surface area (Å²) in [5.74, 6) is -2.31. The Balaban J connectivity index is 2.79. The van der Waals surface area contributed by atoms with E-state index in [0.717, 1.165) is 0 Å². The average Bonchev–Trinajstić information content (AvgIpc) is 2.44. The maximum Gasteiger partial charge on any atom is 0.308 e. The second-order valence-electron chi connectivity index (χ2n) is 4.91. The summed E-state index contributed by atoms with van der Waals surface area (Å²) >= 11 is 5.98. The van der Waals surface area contributed by atoms with Crippen LogP contribution in [0.3, 0.4) is 0 Å². The fraction of sp³-hybridized carbons (Fsp3) is 0.400. The van der Waals surface area contributed by atoms with Crippen molar-refractivity contribution in [1.82, 2.24) is 5.32 Å². The zero-order chi connectivity index (χ0) is 16.7. The highest BCUT2D eigenvalue weighted by molar-refractivity contribution is 6.34. The van der Waals surface area contributed by atoms with Gasteiger partial charge in [0.15, 0.2) is 0 Å². The molecule has 22 heavy (non-hydrogen) atoms. The van der Waals surface area contributed by atoms with Crippen LogP contribution in [-0.2, 0) is 9.59 Å². The number of carboxylic acid groups (broad SMARTS) is 1. The first-order chi connectivity index (χ1) is 10.3. The van der Waals surface area contributed by atoms with Crippen LogP contribution in [0, 0.1) is 5.92 Å². The summed E-state index contributed by atoms with van der Waals surface area (Å²) in [4.78, 5) is 34.2. The van der Waals surface area contributed by atoms with Crippen molar-refractivity contribution in [2.45, 2.75) is 26.7 Å². The number of amides is 2. The number of carbonyl (C=O) groups excluding carboxylic acids is 2. The van der Waals surface area contributed by atoms with Crippen LogP contribution < -0.4 is 10.6 Å². The van der Waals surface area contributed by atoms with E-state index in [1.54, 1.807) is 6.07 Å². The van der Waals surface area contributed by atoms with Gasteiger partial charge in [-0.25, -0.2) is 0 Å². The van der Waals surface area contributed by atoms with Crippen molar-refractivity contribution in [1.29, 1.82) is 0 Å². The van der Waals surface area contributed by atoms with Crippen LogP contribution in [0.15, 0.2) is 18.2 Å². The molecule has 1 aromatic rings. The monoisotopic (exact) mass is 326 g/mol. The molecule has 0 saturated carbocycles. The van der Waals surface area contributed by atoms with Gasteiger partial charge in [-0.05, 0) is 24.6 Å². The highest BCUT2D eigenvalue weighted by Gasteiger charge is 2.19. The predicted molar refractivity (Wildman–Crippen MR) is 84.1 cm³/mol. The molecule has 1 rings (SSSR count). The first-order valence-corrected chi connectivity index (χ1v) is 7.31. The minimum atomic E-state index is -0.944. The summed E-state index contributed by atoms with van der Waals surface area (Å²) in [5.41, 5.74) is 0.638. The van der Waals surface area contributed by atoms with Gasteiger partial charge < -0.3 is 15.7 Å². The topological polar surface area (TPSA) is 95.5 Å². The summed E-state index contributed by atoms with van der Waals surface area (Å²) in [7, 11) is 0. The maximum absolute atomic E-state index is 12.1. The van der Waals surface area contributed by atoms with Crippen molar-refractivity contribution < 1.29 is 19.5 Å². The molecule has 0 spiro atoms. The summed E-state index contributed by atoms with van der Waals surface area (Å²) < 4.78 is 0. The number of benzene rings is 1. The van der Waals surface area contributed by atoms with Gasteiger partial charge in [0.1, 0.15) is 0 Å². The quantitative estimate of drug-likeness (QED) is 0.717. The van der Waals surface area contributed by atoms with Gasteiger partial charge in [-0.15, -0.1) is 0 Å². The molecule has 3 N–H and O–H groups in total. The van der Waals surface area contributed by atoms with Crippen molar-refractivity contribution in [2.75, 3.05) is 11.9 Å². The lowest BCUT2D eigenvalue weighted by atomic mass is 10.0. The molecular formula is C15H19ClN2O4. The number of carbonyl (C=O) groups is 3. The number of rotatable bonds is 7. The van der Waals surface area contributed by atoms with Crippen LogP contribution in [0.25, 0.3) is 0 Å². The van der Waals surface area contributed by atoms with Crippen molar-refractivity contribution >= 4 is 35.1 Å². The van der Waals surface area contributed by atoms with Crippen LogP contribution in [0.5, 0.6) is 0 Å². The minimum absolute atomic E-state index is 0.0305. The number of nitrogens with one attached hydrogen (secondary N) is 2. The SMILES string of the molecule is CCCC(CNC(=O)c1cc(NC(C)=O)ccc1Cl)C(=O)O. The Bertz CT molecular complexity index is 575. The van der Waals surface area contributed by atoms with Crippen LogP contribution in [0.2, 0.25) is 5.02 Å². The number of aliphatic carboxylic acids is 1. The van der Waals surface area contributed by atoms with E-state index in [1.807, 2.05) is 6.92 Å². The molecule has 0 saturated heterocycles. The normalized spacial score (nSPS) is 11.6. The van der Waals surface area contributed by atoms with Gasteiger partial charge in [0.25, 0.3) is 5.91 Å². The largest absolute Gasteiger partial charge is 0.481 e. The van der Waals surface area contributed by atoms with E-state index in [4.69, 9.17) is 16.7 Å². The van der Waals surface area contributed by atoms with E-state index in [0.29, 0.717) is 18.5 Å². The van der Waals surface area contributed by atoms with Crippen molar-refractivity contribution in [3.8, 4) is 0 Å². The fourth-order valence-corrected chi connectivity index (χ4v) is 2.16. The van der Waals surface area contributed by atoms with Gasteiger partial charge in [-0.2, -0.15) is 0 Å². The minimum Gasteiger partial charge on any atom is -0.481 e. The summed E-state index contributed by atoms with van der Waals surface area (Å²) in [6.07, 6.45) is 1.20. The molecular weight excluding hydrogens is 308 g/mol. The molecule has 120 valence electrons. The van der Waals surface area contributed by atoms with E-state index < -0.39 is 17.8 Å². The molecule has 7 heteroatoms. The molecule has 1 atom stereocenters. The first kappa shape index (κ1) is 18.0. The summed E-state index contributed by atoms with van der Waals surface area (Å²) in [6, 6.07) is 4.54.